The van der Waals surface area contributed by atoms with Crippen molar-refractivity contribution in [3.05, 3.63) is 59.4 Å². The van der Waals surface area contributed by atoms with E-state index in [9.17, 15) is 0 Å². The molecule has 2 aromatic rings. The Bertz CT molecular complexity index is 585. The lowest BCUT2D eigenvalue weighted by molar-refractivity contribution is 0.471. The molecule has 0 aliphatic heterocycles. The van der Waals surface area contributed by atoms with Crippen molar-refractivity contribution in [3.8, 4) is 0 Å². The Morgan fingerprint density at radius 1 is 1.24 bits per heavy atom. The molecule has 2 unspecified atom stereocenters. The zero-order valence-electron chi connectivity index (χ0n) is 13.0. The second-order valence-corrected chi connectivity index (χ2v) is 6.31. The molecule has 1 aromatic carbocycles. The summed E-state index contributed by atoms with van der Waals surface area (Å²) in [4.78, 5) is 0. The van der Waals surface area contributed by atoms with E-state index in [-0.39, 0.29) is 6.04 Å². The maximum absolute atomic E-state index is 6.13. The van der Waals surface area contributed by atoms with E-state index in [2.05, 4.69) is 54.1 Å². The number of benzene rings is 1. The summed E-state index contributed by atoms with van der Waals surface area (Å²) in [5.41, 5.74) is 10.6. The molecule has 0 radical (unpaired) electrons. The van der Waals surface area contributed by atoms with E-state index in [1.807, 2.05) is 0 Å². The Balaban J connectivity index is 1.78. The van der Waals surface area contributed by atoms with Crippen LogP contribution in [0.5, 0.6) is 0 Å². The minimum Gasteiger partial charge on any atom is -0.351 e. The molecule has 1 aliphatic rings. The minimum atomic E-state index is 0.275. The lowest BCUT2D eigenvalue weighted by atomic mass is 9.83. The summed E-state index contributed by atoms with van der Waals surface area (Å²) in [6.07, 6.45) is 8.09. The van der Waals surface area contributed by atoms with Gasteiger partial charge in [-0.1, -0.05) is 31.2 Å². The van der Waals surface area contributed by atoms with Crippen LogP contribution in [0.3, 0.4) is 0 Å². The summed E-state index contributed by atoms with van der Waals surface area (Å²) >= 11 is 0. The molecule has 1 heterocycles. The van der Waals surface area contributed by atoms with Crippen LogP contribution < -0.4 is 5.73 Å². The molecule has 3 rings (SSSR count). The van der Waals surface area contributed by atoms with Gasteiger partial charge in [-0.3, -0.25) is 0 Å². The number of nitrogens with zero attached hydrogens (tertiary/aromatic N) is 1. The van der Waals surface area contributed by atoms with Gasteiger partial charge in [-0.25, -0.2) is 0 Å². The Labute approximate surface area is 128 Å². The molecule has 0 bridgehead atoms. The Morgan fingerprint density at radius 3 is 2.95 bits per heavy atom. The van der Waals surface area contributed by atoms with Crippen molar-refractivity contribution in [3.63, 3.8) is 0 Å². The van der Waals surface area contributed by atoms with Gasteiger partial charge >= 0.3 is 0 Å². The molecule has 0 saturated heterocycles. The van der Waals surface area contributed by atoms with E-state index >= 15 is 0 Å². The fourth-order valence-corrected chi connectivity index (χ4v) is 3.51. The Morgan fingerprint density at radius 2 is 2.10 bits per heavy atom. The summed E-state index contributed by atoms with van der Waals surface area (Å²) in [5.74, 6) is 0.652. The van der Waals surface area contributed by atoms with Gasteiger partial charge in [0.15, 0.2) is 0 Å². The first kappa shape index (κ1) is 14.4. The third-order valence-electron chi connectivity index (χ3n) is 4.83. The summed E-state index contributed by atoms with van der Waals surface area (Å²) in [7, 11) is 0. The van der Waals surface area contributed by atoms with Crippen LogP contribution in [-0.4, -0.2) is 10.6 Å². The molecule has 0 spiro atoms. The molecule has 112 valence electrons. The molecule has 1 aliphatic carbocycles. The predicted molar refractivity (Wildman–Crippen MR) is 88.5 cm³/mol. The molecule has 21 heavy (non-hydrogen) atoms. The van der Waals surface area contributed by atoms with Crippen LogP contribution in [-0.2, 0) is 19.4 Å². The maximum Gasteiger partial charge on any atom is 0.0291 e. The van der Waals surface area contributed by atoms with Crippen molar-refractivity contribution in [2.24, 2.45) is 5.73 Å². The number of nitrogens with two attached hydrogens (primary N) is 1. The highest BCUT2D eigenvalue weighted by molar-refractivity contribution is 5.32. The summed E-state index contributed by atoms with van der Waals surface area (Å²) < 4.78 is 2.42. The van der Waals surface area contributed by atoms with Gasteiger partial charge in [0.2, 0.25) is 0 Å². The van der Waals surface area contributed by atoms with Gasteiger partial charge in [-0.2, -0.15) is 0 Å². The number of fused-ring (bicyclic) bond motifs is 1. The Kier molecular flexibility index (Phi) is 4.45. The molecule has 2 nitrogen and oxygen atoms in total. The van der Waals surface area contributed by atoms with E-state index in [4.69, 9.17) is 5.73 Å². The molecule has 2 heteroatoms. The number of aromatic nitrogens is 1. The van der Waals surface area contributed by atoms with Crippen LogP contribution in [0.1, 0.15) is 48.9 Å². The topological polar surface area (TPSA) is 30.9 Å². The average Bonchev–Trinajstić information content (AvgIpc) is 2.94. The number of hydrogen-bond donors (Lipinski definition) is 1. The van der Waals surface area contributed by atoms with E-state index in [1.165, 1.54) is 25.0 Å². The second kappa shape index (κ2) is 6.48. The van der Waals surface area contributed by atoms with Gasteiger partial charge in [-0.05, 0) is 48.9 Å². The minimum absolute atomic E-state index is 0.275. The van der Waals surface area contributed by atoms with Gasteiger partial charge in [-0.15, -0.1) is 0 Å². The maximum atomic E-state index is 6.13. The smallest absolute Gasteiger partial charge is 0.0291 e. The normalized spacial score (nSPS) is 19.2. The van der Waals surface area contributed by atoms with E-state index in [0.29, 0.717) is 5.92 Å². The van der Waals surface area contributed by atoms with Gasteiger partial charge in [0.1, 0.15) is 0 Å². The fraction of sp³-hybridized carbons (Fsp3) is 0.474. The highest BCUT2D eigenvalue weighted by Crippen LogP contribution is 2.33. The van der Waals surface area contributed by atoms with Crippen molar-refractivity contribution in [2.45, 2.75) is 57.5 Å². The molecule has 0 amide bonds. The molecule has 1 aromatic heterocycles. The van der Waals surface area contributed by atoms with Gasteiger partial charge in [0.25, 0.3) is 0 Å². The molecular formula is C19H26N2. The van der Waals surface area contributed by atoms with Crippen LogP contribution in [0, 0.1) is 0 Å². The molecular weight excluding hydrogens is 256 g/mol. The van der Waals surface area contributed by atoms with Crippen molar-refractivity contribution >= 4 is 0 Å². The third kappa shape index (κ3) is 3.21. The number of aryl methyl sites for hydroxylation is 1. The predicted octanol–water partition coefficient (Wildman–Crippen LogP) is 3.89. The van der Waals surface area contributed by atoms with Crippen LogP contribution >= 0.6 is 0 Å². The number of rotatable bonds is 5. The largest absolute Gasteiger partial charge is 0.351 e. The third-order valence-corrected chi connectivity index (χ3v) is 4.83. The highest BCUT2D eigenvalue weighted by Gasteiger charge is 2.20. The van der Waals surface area contributed by atoms with Crippen molar-refractivity contribution in [1.82, 2.24) is 4.57 Å². The van der Waals surface area contributed by atoms with Gasteiger partial charge in [0.05, 0.1) is 0 Å². The quantitative estimate of drug-likeness (QED) is 0.886. The van der Waals surface area contributed by atoms with E-state index in [1.54, 1.807) is 11.1 Å². The summed E-state index contributed by atoms with van der Waals surface area (Å²) in [6, 6.07) is 13.6. The van der Waals surface area contributed by atoms with Crippen LogP contribution in [0.25, 0.3) is 0 Å². The molecule has 2 N–H and O–H groups in total. The SMILES string of the molecule is CCC(N)Cc1cccn1CC1CCCc2ccccc21. The number of hydrogen-bond acceptors (Lipinski definition) is 1. The monoisotopic (exact) mass is 282 g/mol. The first-order valence-corrected chi connectivity index (χ1v) is 8.25. The van der Waals surface area contributed by atoms with Crippen LogP contribution in [0.2, 0.25) is 0 Å². The van der Waals surface area contributed by atoms with Crippen LogP contribution in [0.15, 0.2) is 42.6 Å². The molecule has 0 fully saturated rings. The molecule has 2 atom stereocenters. The van der Waals surface area contributed by atoms with E-state index in [0.717, 1.165) is 19.4 Å². The highest BCUT2D eigenvalue weighted by atomic mass is 15.0. The average molecular weight is 282 g/mol. The summed E-state index contributed by atoms with van der Waals surface area (Å²) in [5, 5.41) is 0. The van der Waals surface area contributed by atoms with Crippen molar-refractivity contribution < 1.29 is 0 Å². The summed E-state index contributed by atoms with van der Waals surface area (Å²) in [6.45, 7) is 3.26. The Hall–Kier alpha value is -1.54. The van der Waals surface area contributed by atoms with Gasteiger partial charge in [0, 0.05) is 36.8 Å². The first-order valence-electron chi connectivity index (χ1n) is 8.25. The fourth-order valence-electron chi connectivity index (χ4n) is 3.51. The standard InChI is InChI=1S/C19H26N2/c1-2-17(20)13-18-10-6-12-21(18)14-16-9-5-8-15-7-3-4-11-19(15)16/h3-4,6-7,10-12,16-17H,2,5,8-9,13-14,20H2,1H3. The molecule has 0 saturated carbocycles. The van der Waals surface area contributed by atoms with Crippen molar-refractivity contribution in [2.75, 3.05) is 0 Å². The first-order chi connectivity index (χ1) is 10.3. The lowest BCUT2D eigenvalue weighted by Gasteiger charge is -2.27. The lowest BCUT2D eigenvalue weighted by Crippen LogP contribution is -2.24. The van der Waals surface area contributed by atoms with E-state index < -0.39 is 0 Å². The zero-order valence-corrected chi connectivity index (χ0v) is 13.0. The van der Waals surface area contributed by atoms with Gasteiger partial charge < -0.3 is 10.3 Å². The zero-order chi connectivity index (χ0) is 14.7. The van der Waals surface area contributed by atoms with Crippen molar-refractivity contribution in [1.29, 1.82) is 0 Å². The second-order valence-electron chi connectivity index (χ2n) is 6.31. The van der Waals surface area contributed by atoms with Crippen LogP contribution in [0.4, 0.5) is 0 Å².